The molecule has 9 heteroatoms. The molecule has 1 fully saturated rings. The van der Waals surface area contributed by atoms with Crippen molar-refractivity contribution < 1.29 is 19.2 Å². The van der Waals surface area contributed by atoms with Gasteiger partial charge in [0.05, 0.1) is 41.1 Å². The first-order valence-electron chi connectivity index (χ1n) is 8.84. The second kappa shape index (κ2) is 8.90. The highest BCUT2D eigenvalue weighted by Crippen LogP contribution is 2.32. The van der Waals surface area contributed by atoms with Crippen LogP contribution in [-0.4, -0.2) is 43.7 Å². The first kappa shape index (κ1) is 19.9. The molecule has 0 radical (unpaired) electrons. The number of hydrogen-bond acceptors (Lipinski definition) is 6. The maximum atomic E-state index is 12.7. The molecule has 0 aliphatic carbocycles. The van der Waals surface area contributed by atoms with Crippen molar-refractivity contribution in [3.8, 4) is 5.75 Å². The average molecular weight is 406 g/mol. The normalized spacial score (nSPS) is 13.9. The molecule has 0 atom stereocenters. The predicted octanol–water partition coefficient (Wildman–Crippen LogP) is 3.74. The van der Waals surface area contributed by atoms with Crippen molar-refractivity contribution in [1.29, 1.82) is 0 Å². The first-order valence-corrected chi connectivity index (χ1v) is 9.22. The number of hydrogen-bond donors (Lipinski definition) is 1. The van der Waals surface area contributed by atoms with E-state index in [4.69, 9.17) is 21.1 Å². The van der Waals surface area contributed by atoms with Gasteiger partial charge in [-0.1, -0.05) is 11.6 Å². The van der Waals surface area contributed by atoms with Crippen molar-refractivity contribution in [3.05, 3.63) is 57.1 Å². The Kier molecular flexibility index (Phi) is 6.33. The number of carbonyl (C=O) groups is 1. The summed E-state index contributed by atoms with van der Waals surface area (Å²) in [5.74, 6) is 0.137. The Bertz CT molecular complexity index is 884. The summed E-state index contributed by atoms with van der Waals surface area (Å²) in [6.45, 7) is 4.52. The summed E-state index contributed by atoms with van der Waals surface area (Å²) in [5, 5.41) is 14.3. The van der Waals surface area contributed by atoms with Crippen LogP contribution >= 0.6 is 11.6 Å². The topological polar surface area (TPSA) is 93.9 Å². The number of anilines is 2. The Hall–Kier alpha value is -2.84. The number of nitro benzene ring substituents is 1. The molecular formula is C19H20ClN3O5. The van der Waals surface area contributed by atoms with Crippen LogP contribution in [0, 0.1) is 10.1 Å². The lowest BCUT2D eigenvalue weighted by Crippen LogP contribution is -2.36. The number of carbonyl (C=O) groups excluding carboxylic acids is 1. The third-order valence-corrected chi connectivity index (χ3v) is 4.58. The van der Waals surface area contributed by atoms with Crippen LogP contribution in [0.1, 0.15) is 17.3 Å². The first-order chi connectivity index (χ1) is 13.5. The Balaban J connectivity index is 1.87. The number of morpholine rings is 1. The number of ether oxygens (including phenoxy) is 2. The second-order valence-corrected chi connectivity index (χ2v) is 6.50. The van der Waals surface area contributed by atoms with Crippen molar-refractivity contribution in [2.45, 2.75) is 6.92 Å². The zero-order valence-corrected chi connectivity index (χ0v) is 16.1. The Morgan fingerprint density at radius 2 is 2.04 bits per heavy atom. The molecule has 2 aromatic carbocycles. The van der Waals surface area contributed by atoms with E-state index in [9.17, 15) is 14.9 Å². The lowest BCUT2D eigenvalue weighted by molar-refractivity contribution is -0.384. The number of benzene rings is 2. The van der Waals surface area contributed by atoms with Gasteiger partial charge < -0.3 is 19.7 Å². The molecule has 0 bridgehead atoms. The highest BCUT2D eigenvalue weighted by Gasteiger charge is 2.20. The quantitative estimate of drug-likeness (QED) is 0.581. The van der Waals surface area contributed by atoms with Gasteiger partial charge in [-0.2, -0.15) is 0 Å². The Morgan fingerprint density at radius 3 is 2.68 bits per heavy atom. The monoisotopic (exact) mass is 405 g/mol. The van der Waals surface area contributed by atoms with Crippen molar-refractivity contribution in [3.63, 3.8) is 0 Å². The third-order valence-electron chi connectivity index (χ3n) is 4.29. The number of nitrogens with one attached hydrogen (secondary N) is 1. The van der Waals surface area contributed by atoms with Crippen molar-refractivity contribution in [1.82, 2.24) is 0 Å². The van der Waals surface area contributed by atoms with E-state index in [1.807, 2.05) is 11.8 Å². The maximum absolute atomic E-state index is 12.7. The van der Waals surface area contributed by atoms with E-state index in [1.54, 1.807) is 12.1 Å². The van der Waals surface area contributed by atoms with E-state index in [2.05, 4.69) is 5.32 Å². The Morgan fingerprint density at radius 1 is 1.29 bits per heavy atom. The molecule has 1 aliphatic rings. The van der Waals surface area contributed by atoms with Crippen LogP contribution < -0.4 is 15.0 Å². The van der Waals surface area contributed by atoms with E-state index in [0.29, 0.717) is 60.6 Å². The summed E-state index contributed by atoms with van der Waals surface area (Å²) in [7, 11) is 0. The maximum Gasteiger partial charge on any atom is 0.271 e. The molecule has 0 unspecified atom stereocenters. The van der Waals surface area contributed by atoms with Crippen molar-refractivity contribution >= 4 is 34.6 Å². The number of halogens is 1. The zero-order valence-electron chi connectivity index (χ0n) is 15.3. The Labute approximate surface area is 167 Å². The van der Waals surface area contributed by atoms with E-state index in [0.717, 1.165) is 0 Å². The molecular weight excluding hydrogens is 386 g/mol. The zero-order chi connectivity index (χ0) is 20.1. The van der Waals surface area contributed by atoms with Crippen LogP contribution in [0.2, 0.25) is 5.02 Å². The SMILES string of the molecule is CCOc1ccc(C(=O)Nc2ccc([N+](=O)[O-])cc2N2CCOCC2)cc1Cl. The minimum Gasteiger partial charge on any atom is -0.492 e. The summed E-state index contributed by atoms with van der Waals surface area (Å²) in [6, 6.07) is 9.15. The van der Waals surface area contributed by atoms with Gasteiger partial charge in [-0.25, -0.2) is 0 Å². The third kappa shape index (κ3) is 4.52. The van der Waals surface area contributed by atoms with Crippen molar-refractivity contribution in [2.24, 2.45) is 0 Å². The van der Waals surface area contributed by atoms with Gasteiger partial charge in [0.1, 0.15) is 5.75 Å². The molecule has 3 rings (SSSR count). The lowest BCUT2D eigenvalue weighted by atomic mass is 10.1. The molecule has 2 aromatic rings. The minimum atomic E-state index is -0.457. The molecule has 0 aromatic heterocycles. The number of rotatable bonds is 6. The van der Waals surface area contributed by atoms with Crippen LogP contribution in [0.3, 0.4) is 0 Å². The molecule has 1 aliphatic heterocycles. The fourth-order valence-corrected chi connectivity index (χ4v) is 3.15. The van der Waals surface area contributed by atoms with E-state index < -0.39 is 4.92 Å². The van der Waals surface area contributed by atoms with Crippen molar-refractivity contribution in [2.75, 3.05) is 43.1 Å². The summed E-state index contributed by atoms with van der Waals surface area (Å²) >= 11 is 6.16. The molecule has 28 heavy (non-hydrogen) atoms. The van der Waals surface area contributed by atoms with Gasteiger partial charge in [0, 0.05) is 30.8 Å². The van der Waals surface area contributed by atoms with Crippen LogP contribution in [0.4, 0.5) is 17.1 Å². The largest absolute Gasteiger partial charge is 0.492 e. The standard InChI is InChI=1S/C19H20ClN3O5/c1-2-28-18-6-3-13(11-15(18)20)19(24)21-16-5-4-14(23(25)26)12-17(16)22-7-9-27-10-8-22/h3-6,11-12H,2,7-10H2,1H3,(H,21,24). The molecule has 148 valence electrons. The highest BCUT2D eigenvalue weighted by molar-refractivity contribution is 6.32. The fourth-order valence-electron chi connectivity index (χ4n) is 2.91. The molecule has 1 heterocycles. The van der Waals surface area contributed by atoms with Gasteiger partial charge in [-0.3, -0.25) is 14.9 Å². The van der Waals surface area contributed by atoms with Crippen LogP contribution in [0.15, 0.2) is 36.4 Å². The van der Waals surface area contributed by atoms with Gasteiger partial charge in [-0.05, 0) is 31.2 Å². The van der Waals surface area contributed by atoms with Gasteiger partial charge in [-0.15, -0.1) is 0 Å². The number of nitro groups is 1. The molecule has 0 saturated carbocycles. The molecule has 0 spiro atoms. The van der Waals surface area contributed by atoms with Crippen LogP contribution in [-0.2, 0) is 4.74 Å². The van der Waals surface area contributed by atoms with Gasteiger partial charge in [0.15, 0.2) is 0 Å². The van der Waals surface area contributed by atoms with Crippen LogP contribution in [0.25, 0.3) is 0 Å². The summed E-state index contributed by atoms with van der Waals surface area (Å²) < 4.78 is 10.7. The second-order valence-electron chi connectivity index (χ2n) is 6.09. The lowest BCUT2D eigenvalue weighted by Gasteiger charge is -2.30. The predicted molar refractivity (Wildman–Crippen MR) is 107 cm³/mol. The summed E-state index contributed by atoms with van der Waals surface area (Å²) in [4.78, 5) is 25.4. The smallest absolute Gasteiger partial charge is 0.271 e. The van der Waals surface area contributed by atoms with E-state index in [-0.39, 0.29) is 11.6 Å². The molecule has 1 amide bonds. The van der Waals surface area contributed by atoms with Gasteiger partial charge in [0.25, 0.3) is 11.6 Å². The number of nitrogens with zero attached hydrogens (tertiary/aromatic N) is 2. The van der Waals surface area contributed by atoms with E-state index >= 15 is 0 Å². The average Bonchev–Trinajstić information content (AvgIpc) is 2.70. The molecule has 1 saturated heterocycles. The molecule has 1 N–H and O–H groups in total. The van der Waals surface area contributed by atoms with E-state index in [1.165, 1.54) is 24.3 Å². The van der Waals surface area contributed by atoms with Gasteiger partial charge >= 0.3 is 0 Å². The number of non-ortho nitro benzene ring substituents is 1. The number of amides is 1. The molecule has 8 nitrogen and oxygen atoms in total. The fraction of sp³-hybridized carbons (Fsp3) is 0.316. The minimum absolute atomic E-state index is 0.0383. The van der Waals surface area contributed by atoms with Gasteiger partial charge in [0.2, 0.25) is 0 Å². The van der Waals surface area contributed by atoms with Crippen LogP contribution in [0.5, 0.6) is 5.75 Å². The summed E-state index contributed by atoms with van der Waals surface area (Å²) in [6.07, 6.45) is 0. The highest BCUT2D eigenvalue weighted by atomic mass is 35.5. The summed E-state index contributed by atoms with van der Waals surface area (Å²) in [5.41, 5.74) is 1.40.